The van der Waals surface area contributed by atoms with Crippen LogP contribution in [0.4, 0.5) is 0 Å². The van der Waals surface area contributed by atoms with E-state index >= 15 is 0 Å². The topological polar surface area (TPSA) is 0 Å². The number of hydrogen-bond acceptors (Lipinski definition) is 0. The Kier molecular flexibility index (Phi) is 8.19. The van der Waals surface area contributed by atoms with Crippen molar-refractivity contribution in [1.82, 2.24) is 0 Å². The van der Waals surface area contributed by atoms with E-state index in [0.717, 1.165) is 35.5 Å². The van der Waals surface area contributed by atoms with Gasteiger partial charge in [-0.3, -0.25) is 0 Å². The Hall–Kier alpha value is 0. The van der Waals surface area contributed by atoms with Crippen molar-refractivity contribution >= 4 is 0 Å². The molecule has 0 aromatic carbocycles. The first-order valence-electron chi connectivity index (χ1n) is 12.3. The van der Waals surface area contributed by atoms with Crippen molar-refractivity contribution in [3.05, 3.63) is 0 Å². The van der Waals surface area contributed by atoms with Crippen molar-refractivity contribution in [1.29, 1.82) is 0 Å². The number of unbranched alkanes of at least 4 members (excludes halogenated alkanes) is 1. The summed E-state index contributed by atoms with van der Waals surface area (Å²) in [4.78, 5) is 0. The zero-order valence-electron chi connectivity index (χ0n) is 17.5. The third kappa shape index (κ3) is 6.00. The Bertz CT molecular complexity index is 337. The first-order valence-corrected chi connectivity index (χ1v) is 12.3. The SMILES string of the molecule is CCCCC1CCC(C2CCC(CC(C)C3CCCCC3)CC2)CC1. The van der Waals surface area contributed by atoms with Crippen LogP contribution in [-0.2, 0) is 0 Å². The van der Waals surface area contributed by atoms with E-state index in [1.54, 1.807) is 57.8 Å². The minimum absolute atomic E-state index is 1.01. The molecule has 3 aliphatic carbocycles. The van der Waals surface area contributed by atoms with Crippen molar-refractivity contribution < 1.29 is 0 Å². The van der Waals surface area contributed by atoms with Gasteiger partial charge in [0.15, 0.2) is 0 Å². The van der Waals surface area contributed by atoms with E-state index in [4.69, 9.17) is 0 Å². The molecule has 146 valence electrons. The largest absolute Gasteiger partial charge is 0.0654 e. The molecular weight excluding hydrogens is 300 g/mol. The maximum atomic E-state index is 2.58. The van der Waals surface area contributed by atoms with E-state index in [-0.39, 0.29) is 0 Å². The molecule has 0 heteroatoms. The van der Waals surface area contributed by atoms with Gasteiger partial charge in [-0.15, -0.1) is 0 Å². The first kappa shape index (κ1) is 19.8. The highest BCUT2D eigenvalue weighted by molar-refractivity contribution is 4.83. The fourth-order valence-corrected chi connectivity index (χ4v) is 6.76. The lowest BCUT2D eigenvalue weighted by Gasteiger charge is -2.39. The quantitative estimate of drug-likeness (QED) is 0.434. The molecule has 0 aromatic rings. The summed E-state index contributed by atoms with van der Waals surface area (Å²) in [5, 5.41) is 0. The van der Waals surface area contributed by atoms with Crippen molar-refractivity contribution in [2.24, 2.45) is 35.5 Å². The van der Waals surface area contributed by atoms with Gasteiger partial charge in [0, 0.05) is 0 Å². The smallest absolute Gasteiger partial charge is 0.0386 e. The highest BCUT2D eigenvalue weighted by atomic mass is 14.4. The third-order valence-electron chi connectivity index (χ3n) is 8.58. The molecule has 1 atom stereocenters. The molecule has 0 radical (unpaired) electrons. The van der Waals surface area contributed by atoms with E-state index in [0.29, 0.717) is 0 Å². The zero-order valence-corrected chi connectivity index (χ0v) is 17.5. The van der Waals surface area contributed by atoms with Crippen LogP contribution in [0, 0.1) is 35.5 Å². The molecule has 0 amide bonds. The Morgan fingerprint density at radius 1 is 0.680 bits per heavy atom. The summed E-state index contributed by atoms with van der Waals surface area (Å²) in [7, 11) is 0. The molecule has 0 N–H and O–H groups in total. The lowest BCUT2D eigenvalue weighted by Crippen LogP contribution is -2.27. The van der Waals surface area contributed by atoms with Gasteiger partial charge in [0.1, 0.15) is 0 Å². The molecule has 25 heavy (non-hydrogen) atoms. The minimum atomic E-state index is 1.01. The van der Waals surface area contributed by atoms with E-state index in [1.165, 1.54) is 51.4 Å². The van der Waals surface area contributed by atoms with Crippen LogP contribution in [0.25, 0.3) is 0 Å². The van der Waals surface area contributed by atoms with Gasteiger partial charge in [0.2, 0.25) is 0 Å². The van der Waals surface area contributed by atoms with Crippen LogP contribution in [0.2, 0.25) is 0 Å². The van der Waals surface area contributed by atoms with Crippen molar-refractivity contribution in [2.75, 3.05) is 0 Å². The molecule has 0 heterocycles. The number of rotatable bonds is 7. The molecule has 0 bridgehead atoms. The Morgan fingerprint density at radius 3 is 1.80 bits per heavy atom. The Balaban J connectivity index is 1.33. The molecule has 0 spiro atoms. The standard InChI is InChI=1S/C25H46/c1-3-4-8-21-11-15-24(16-12-21)25-17-13-22(14-18-25)19-20(2)23-9-6-5-7-10-23/h20-25H,3-19H2,1-2H3. The highest BCUT2D eigenvalue weighted by Crippen LogP contribution is 2.44. The predicted molar refractivity (Wildman–Crippen MR) is 111 cm³/mol. The molecule has 1 unspecified atom stereocenters. The lowest BCUT2D eigenvalue weighted by atomic mass is 9.67. The lowest BCUT2D eigenvalue weighted by molar-refractivity contribution is 0.126. The van der Waals surface area contributed by atoms with Gasteiger partial charge in [-0.05, 0) is 67.6 Å². The summed E-state index contributed by atoms with van der Waals surface area (Å²) in [6, 6.07) is 0. The average molecular weight is 347 g/mol. The van der Waals surface area contributed by atoms with Crippen molar-refractivity contribution in [3.8, 4) is 0 Å². The van der Waals surface area contributed by atoms with Gasteiger partial charge in [-0.25, -0.2) is 0 Å². The van der Waals surface area contributed by atoms with Crippen LogP contribution < -0.4 is 0 Å². The highest BCUT2D eigenvalue weighted by Gasteiger charge is 2.32. The molecule has 0 nitrogen and oxygen atoms in total. The molecule has 3 fully saturated rings. The summed E-state index contributed by atoms with van der Waals surface area (Å²) in [5.41, 5.74) is 0. The summed E-state index contributed by atoms with van der Waals surface area (Å²) >= 11 is 0. The average Bonchev–Trinajstić information content (AvgIpc) is 2.68. The second-order valence-electron chi connectivity index (χ2n) is 10.3. The van der Waals surface area contributed by atoms with Crippen LogP contribution in [-0.4, -0.2) is 0 Å². The fourth-order valence-electron chi connectivity index (χ4n) is 6.76. The van der Waals surface area contributed by atoms with E-state index in [1.807, 2.05) is 0 Å². The van der Waals surface area contributed by atoms with Gasteiger partial charge >= 0.3 is 0 Å². The molecular formula is C25H46. The number of hydrogen-bond donors (Lipinski definition) is 0. The Morgan fingerprint density at radius 2 is 1.24 bits per heavy atom. The normalized spacial score (nSPS) is 36.2. The van der Waals surface area contributed by atoms with Crippen molar-refractivity contribution in [2.45, 2.75) is 123 Å². The van der Waals surface area contributed by atoms with Crippen LogP contribution in [0.15, 0.2) is 0 Å². The van der Waals surface area contributed by atoms with Crippen LogP contribution in [0.5, 0.6) is 0 Å². The van der Waals surface area contributed by atoms with Gasteiger partial charge in [0.25, 0.3) is 0 Å². The van der Waals surface area contributed by atoms with Crippen molar-refractivity contribution in [3.63, 3.8) is 0 Å². The molecule has 3 aliphatic rings. The maximum Gasteiger partial charge on any atom is -0.0386 e. The van der Waals surface area contributed by atoms with Gasteiger partial charge < -0.3 is 0 Å². The molecule has 0 aromatic heterocycles. The van der Waals surface area contributed by atoms with Crippen LogP contribution in [0.1, 0.15) is 123 Å². The summed E-state index contributed by atoms with van der Waals surface area (Å²) < 4.78 is 0. The molecule has 3 rings (SSSR count). The van der Waals surface area contributed by atoms with Crippen LogP contribution >= 0.6 is 0 Å². The minimum Gasteiger partial charge on any atom is -0.0654 e. The van der Waals surface area contributed by atoms with E-state index < -0.39 is 0 Å². The van der Waals surface area contributed by atoms with Gasteiger partial charge in [-0.2, -0.15) is 0 Å². The third-order valence-corrected chi connectivity index (χ3v) is 8.58. The summed E-state index contributed by atoms with van der Waals surface area (Å²) in [5.74, 6) is 6.46. The monoisotopic (exact) mass is 346 g/mol. The molecule has 0 aliphatic heterocycles. The Labute approximate surface area is 158 Å². The second-order valence-corrected chi connectivity index (χ2v) is 10.3. The predicted octanol–water partition coefficient (Wildman–Crippen LogP) is 8.40. The van der Waals surface area contributed by atoms with E-state index in [2.05, 4.69) is 13.8 Å². The summed E-state index contributed by atoms with van der Waals surface area (Å²) in [6.07, 6.45) is 26.1. The fraction of sp³-hybridized carbons (Fsp3) is 1.00. The molecule has 0 saturated heterocycles. The summed E-state index contributed by atoms with van der Waals surface area (Å²) in [6.45, 7) is 4.93. The molecule has 3 saturated carbocycles. The zero-order chi connectivity index (χ0) is 17.5. The van der Waals surface area contributed by atoms with Gasteiger partial charge in [0.05, 0.1) is 0 Å². The van der Waals surface area contributed by atoms with Crippen LogP contribution in [0.3, 0.4) is 0 Å². The second kappa shape index (κ2) is 10.4. The van der Waals surface area contributed by atoms with E-state index in [9.17, 15) is 0 Å². The van der Waals surface area contributed by atoms with Gasteiger partial charge in [-0.1, -0.05) is 90.9 Å². The first-order chi connectivity index (χ1) is 12.3. The maximum absolute atomic E-state index is 2.58.